The highest BCUT2D eigenvalue weighted by molar-refractivity contribution is 5.91. The number of rotatable bonds is 4. The van der Waals surface area contributed by atoms with Crippen LogP contribution in [0, 0.1) is 5.92 Å². The maximum atomic E-state index is 11.6. The summed E-state index contributed by atoms with van der Waals surface area (Å²) >= 11 is 0. The van der Waals surface area contributed by atoms with Crippen molar-refractivity contribution in [3.8, 4) is 0 Å². The van der Waals surface area contributed by atoms with Gasteiger partial charge in [0, 0.05) is 24.8 Å². The number of carboxylic acids is 1. The number of carboxylic acid groups (broad SMARTS) is 1. The van der Waals surface area contributed by atoms with Crippen molar-refractivity contribution in [3.63, 3.8) is 0 Å². The van der Waals surface area contributed by atoms with Crippen molar-refractivity contribution in [2.75, 3.05) is 25.1 Å². The van der Waals surface area contributed by atoms with Crippen LogP contribution in [0.5, 0.6) is 0 Å². The molecule has 102 valence electrons. The molecule has 0 aromatic heterocycles. The molecular weight excluding hydrogens is 248 g/mol. The van der Waals surface area contributed by atoms with Crippen molar-refractivity contribution in [1.82, 2.24) is 5.32 Å². The third-order valence-electron chi connectivity index (χ3n) is 2.97. The van der Waals surface area contributed by atoms with E-state index in [1.165, 1.54) is 12.1 Å². The normalized spacial score (nSPS) is 18.0. The van der Waals surface area contributed by atoms with E-state index in [9.17, 15) is 9.59 Å². The fraction of sp³-hybridized carbons (Fsp3) is 0.385. The lowest BCUT2D eigenvalue weighted by molar-refractivity contribution is 0.0697. The number of hydrogen-bond donors (Lipinski definition) is 3. The van der Waals surface area contributed by atoms with Gasteiger partial charge in [0.15, 0.2) is 0 Å². The van der Waals surface area contributed by atoms with Crippen molar-refractivity contribution < 1.29 is 19.4 Å². The maximum absolute atomic E-state index is 11.6. The Labute approximate surface area is 110 Å². The van der Waals surface area contributed by atoms with E-state index in [4.69, 9.17) is 9.84 Å². The van der Waals surface area contributed by atoms with Gasteiger partial charge in [0.2, 0.25) is 0 Å². The second kappa shape index (κ2) is 6.19. The summed E-state index contributed by atoms with van der Waals surface area (Å²) < 4.78 is 5.22. The average Bonchev–Trinajstić information content (AvgIpc) is 2.90. The van der Waals surface area contributed by atoms with Crippen molar-refractivity contribution in [2.24, 2.45) is 5.92 Å². The van der Waals surface area contributed by atoms with Crippen LogP contribution in [0.25, 0.3) is 0 Å². The Morgan fingerprint density at radius 3 is 2.63 bits per heavy atom. The molecule has 0 bridgehead atoms. The molecule has 1 aliphatic heterocycles. The Hall–Kier alpha value is -2.08. The van der Waals surface area contributed by atoms with E-state index >= 15 is 0 Å². The first-order valence-electron chi connectivity index (χ1n) is 6.11. The van der Waals surface area contributed by atoms with E-state index < -0.39 is 5.97 Å². The SMILES string of the molecule is O=C(NCC1CCOC1)Nc1ccc(C(=O)O)cc1. The highest BCUT2D eigenvalue weighted by atomic mass is 16.5. The lowest BCUT2D eigenvalue weighted by Crippen LogP contribution is -2.33. The second-order valence-electron chi connectivity index (χ2n) is 4.45. The topological polar surface area (TPSA) is 87.7 Å². The predicted octanol–water partition coefficient (Wildman–Crippen LogP) is 1.54. The molecule has 1 aromatic carbocycles. The van der Waals surface area contributed by atoms with Gasteiger partial charge in [0.1, 0.15) is 0 Å². The van der Waals surface area contributed by atoms with Gasteiger partial charge in [-0.05, 0) is 30.7 Å². The van der Waals surface area contributed by atoms with Crippen LogP contribution in [-0.4, -0.2) is 36.9 Å². The van der Waals surface area contributed by atoms with Crippen LogP contribution in [0.2, 0.25) is 0 Å². The molecule has 1 fully saturated rings. The second-order valence-corrected chi connectivity index (χ2v) is 4.45. The van der Waals surface area contributed by atoms with Crippen LogP contribution in [0.4, 0.5) is 10.5 Å². The van der Waals surface area contributed by atoms with E-state index in [0.717, 1.165) is 13.0 Å². The monoisotopic (exact) mass is 264 g/mol. The minimum Gasteiger partial charge on any atom is -0.478 e. The molecule has 0 aliphatic carbocycles. The van der Waals surface area contributed by atoms with Crippen molar-refractivity contribution >= 4 is 17.7 Å². The van der Waals surface area contributed by atoms with Crippen LogP contribution >= 0.6 is 0 Å². The van der Waals surface area contributed by atoms with Gasteiger partial charge in [-0.2, -0.15) is 0 Å². The number of urea groups is 1. The molecular formula is C13H16N2O4. The molecule has 1 aromatic rings. The first-order valence-corrected chi connectivity index (χ1v) is 6.11. The number of anilines is 1. The molecule has 1 saturated heterocycles. The highest BCUT2D eigenvalue weighted by Gasteiger charge is 2.16. The Morgan fingerprint density at radius 1 is 1.32 bits per heavy atom. The van der Waals surface area contributed by atoms with Crippen LogP contribution in [0.3, 0.4) is 0 Å². The molecule has 19 heavy (non-hydrogen) atoms. The molecule has 1 unspecified atom stereocenters. The maximum Gasteiger partial charge on any atom is 0.335 e. The molecule has 3 N–H and O–H groups in total. The number of carbonyl (C=O) groups is 2. The van der Waals surface area contributed by atoms with E-state index in [1.54, 1.807) is 12.1 Å². The summed E-state index contributed by atoms with van der Waals surface area (Å²) in [5.41, 5.74) is 0.749. The summed E-state index contributed by atoms with van der Waals surface area (Å²) in [6, 6.07) is 5.71. The van der Waals surface area contributed by atoms with Gasteiger partial charge in [-0.1, -0.05) is 0 Å². The van der Waals surface area contributed by atoms with Crippen molar-refractivity contribution in [2.45, 2.75) is 6.42 Å². The summed E-state index contributed by atoms with van der Waals surface area (Å²) in [6.45, 7) is 2.03. The van der Waals surface area contributed by atoms with E-state index in [2.05, 4.69) is 10.6 Å². The number of amides is 2. The van der Waals surface area contributed by atoms with E-state index in [1.807, 2.05) is 0 Å². The van der Waals surface area contributed by atoms with Crippen LogP contribution in [-0.2, 0) is 4.74 Å². The van der Waals surface area contributed by atoms with Gasteiger partial charge in [-0.25, -0.2) is 9.59 Å². The van der Waals surface area contributed by atoms with E-state index in [-0.39, 0.29) is 11.6 Å². The molecule has 1 atom stereocenters. The summed E-state index contributed by atoms with van der Waals surface area (Å²) in [7, 11) is 0. The zero-order valence-electron chi connectivity index (χ0n) is 10.4. The Kier molecular flexibility index (Phi) is 4.35. The molecule has 2 rings (SSSR count). The van der Waals surface area contributed by atoms with Gasteiger partial charge >= 0.3 is 12.0 Å². The molecule has 6 nitrogen and oxygen atoms in total. The number of nitrogens with one attached hydrogen (secondary N) is 2. The Bertz CT molecular complexity index is 452. The largest absolute Gasteiger partial charge is 0.478 e. The summed E-state index contributed by atoms with van der Waals surface area (Å²) in [5.74, 6) is -0.614. The van der Waals surface area contributed by atoms with Gasteiger partial charge in [-0.3, -0.25) is 0 Å². The molecule has 0 spiro atoms. The standard InChI is InChI=1S/C13H16N2O4/c16-12(17)10-1-3-11(4-2-10)15-13(18)14-7-9-5-6-19-8-9/h1-4,9H,5-8H2,(H,16,17)(H2,14,15,18). The first-order chi connectivity index (χ1) is 9.15. The fourth-order valence-corrected chi connectivity index (χ4v) is 1.85. The molecule has 1 heterocycles. The van der Waals surface area contributed by atoms with Crippen LogP contribution in [0.1, 0.15) is 16.8 Å². The average molecular weight is 264 g/mol. The molecule has 6 heteroatoms. The molecule has 0 saturated carbocycles. The minimum absolute atomic E-state index is 0.189. The van der Waals surface area contributed by atoms with Gasteiger partial charge in [-0.15, -0.1) is 0 Å². The smallest absolute Gasteiger partial charge is 0.335 e. The van der Waals surface area contributed by atoms with E-state index in [0.29, 0.717) is 24.8 Å². The quantitative estimate of drug-likeness (QED) is 0.769. The third-order valence-corrected chi connectivity index (χ3v) is 2.97. The Morgan fingerprint density at radius 2 is 2.05 bits per heavy atom. The number of ether oxygens (including phenoxy) is 1. The summed E-state index contributed by atoms with van der Waals surface area (Å²) in [4.78, 5) is 22.3. The van der Waals surface area contributed by atoms with Crippen molar-refractivity contribution in [1.29, 1.82) is 0 Å². The minimum atomic E-state index is -0.989. The third kappa shape index (κ3) is 3.96. The van der Waals surface area contributed by atoms with Gasteiger partial charge < -0.3 is 20.5 Å². The first kappa shape index (κ1) is 13.4. The molecule has 1 aliphatic rings. The number of carbonyl (C=O) groups excluding carboxylic acids is 1. The fourth-order valence-electron chi connectivity index (χ4n) is 1.85. The molecule has 2 amide bonds. The lowest BCUT2D eigenvalue weighted by Gasteiger charge is -2.10. The van der Waals surface area contributed by atoms with Crippen molar-refractivity contribution in [3.05, 3.63) is 29.8 Å². The lowest BCUT2D eigenvalue weighted by atomic mass is 10.1. The van der Waals surface area contributed by atoms with Gasteiger partial charge in [0.25, 0.3) is 0 Å². The zero-order valence-corrected chi connectivity index (χ0v) is 10.4. The molecule has 0 radical (unpaired) electrons. The Balaban J connectivity index is 1.79. The predicted molar refractivity (Wildman–Crippen MR) is 69.3 cm³/mol. The van der Waals surface area contributed by atoms with Crippen LogP contribution < -0.4 is 10.6 Å². The highest BCUT2D eigenvalue weighted by Crippen LogP contribution is 2.11. The number of benzene rings is 1. The summed E-state index contributed by atoms with van der Waals surface area (Å²) in [5, 5.41) is 14.2. The van der Waals surface area contributed by atoms with Crippen LogP contribution in [0.15, 0.2) is 24.3 Å². The zero-order chi connectivity index (χ0) is 13.7. The number of aromatic carboxylic acids is 1. The summed E-state index contributed by atoms with van der Waals surface area (Å²) in [6.07, 6.45) is 0.966. The number of hydrogen-bond acceptors (Lipinski definition) is 3. The van der Waals surface area contributed by atoms with Gasteiger partial charge in [0.05, 0.1) is 12.2 Å².